The minimum atomic E-state index is 0.0208. The van der Waals surface area contributed by atoms with Crippen molar-refractivity contribution in [1.82, 2.24) is 4.98 Å². The molecule has 17 heavy (non-hydrogen) atoms. The Morgan fingerprint density at radius 1 is 1.65 bits per heavy atom. The molecule has 0 aliphatic carbocycles. The Morgan fingerprint density at radius 3 is 3.18 bits per heavy atom. The van der Waals surface area contributed by atoms with Gasteiger partial charge in [-0.25, -0.2) is 4.98 Å². The highest BCUT2D eigenvalue weighted by molar-refractivity contribution is 5.52. The van der Waals surface area contributed by atoms with E-state index < -0.39 is 0 Å². The maximum absolute atomic E-state index is 5.87. The smallest absolute Gasteiger partial charge is 0.171 e. The van der Waals surface area contributed by atoms with Crippen molar-refractivity contribution in [3.63, 3.8) is 0 Å². The second-order valence-electron chi connectivity index (χ2n) is 4.24. The molecule has 2 unspecified atom stereocenters. The summed E-state index contributed by atoms with van der Waals surface area (Å²) in [5, 5.41) is 0. The zero-order valence-corrected chi connectivity index (χ0v) is 10.3. The van der Waals surface area contributed by atoms with E-state index in [0.717, 1.165) is 24.7 Å². The maximum Gasteiger partial charge on any atom is 0.171 e. The van der Waals surface area contributed by atoms with Crippen LogP contribution in [-0.2, 0) is 4.74 Å². The molecule has 0 spiro atoms. The average Bonchev–Trinajstić information content (AvgIpc) is 2.39. The molecule has 0 bridgehead atoms. The van der Waals surface area contributed by atoms with Crippen LogP contribution < -0.4 is 15.4 Å². The lowest BCUT2D eigenvalue weighted by molar-refractivity contribution is 0.0272. The summed E-state index contributed by atoms with van der Waals surface area (Å²) < 4.78 is 10.9. The number of aromatic nitrogens is 1. The molecule has 0 saturated carbocycles. The third-order valence-electron chi connectivity index (χ3n) is 2.95. The number of nitrogens with two attached hydrogens (primary N) is 1. The van der Waals surface area contributed by atoms with Gasteiger partial charge in [-0.2, -0.15) is 0 Å². The fourth-order valence-electron chi connectivity index (χ4n) is 1.96. The number of methoxy groups -OCH3 is 1. The van der Waals surface area contributed by atoms with Gasteiger partial charge >= 0.3 is 0 Å². The topological polar surface area (TPSA) is 60.6 Å². The minimum Gasteiger partial charge on any atom is -0.493 e. The Kier molecular flexibility index (Phi) is 3.81. The van der Waals surface area contributed by atoms with Crippen LogP contribution in [0.2, 0.25) is 0 Å². The molecule has 1 fully saturated rings. The van der Waals surface area contributed by atoms with Gasteiger partial charge in [-0.15, -0.1) is 0 Å². The van der Waals surface area contributed by atoms with Crippen LogP contribution in [0, 0.1) is 0 Å². The van der Waals surface area contributed by atoms with Gasteiger partial charge in [-0.1, -0.05) is 0 Å². The van der Waals surface area contributed by atoms with Crippen LogP contribution in [0.5, 0.6) is 5.75 Å². The number of rotatable bonds is 3. The van der Waals surface area contributed by atoms with Crippen molar-refractivity contribution in [2.24, 2.45) is 5.73 Å². The van der Waals surface area contributed by atoms with Gasteiger partial charge in [0.1, 0.15) is 0 Å². The predicted molar refractivity (Wildman–Crippen MR) is 66.4 cm³/mol. The summed E-state index contributed by atoms with van der Waals surface area (Å²) in [6.45, 7) is 4.21. The van der Waals surface area contributed by atoms with E-state index in [2.05, 4.69) is 9.88 Å². The molecule has 2 N–H and O–H groups in total. The van der Waals surface area contributed by atoms with Gasteiger partial charge in [0.25, 0.3) is 0 Å². The van der Waals surface area contributed by atoms with Crippen molar-refractivity contribution in [2.45, 2.75) is 19.1 Å². The molecule has 1 aliphatic heterocycles. The Hall–Kier alpha value is -1.33. The fourth-order valence-corrected chi connectivity index (χ4v) is 1.96. The number of ether oxygens (including phenoxy) is 2. The van der Waals surface area contributed by atoms with E-state index in [1.807, 2.05) is 19.1 Å². The van der Waals surface area contributed by atoms with Crippen LogP contribution in [0.1, 0.15) is 6.92 Å². The lowest BCUT2D eigenvalue weighted by atomic mass is 10.1. The Labute approximate surface area is 102 Å². The number of nitrogens with zero attached hydrogens (tertiary/aromatic N) is 2. The first-order valence-electron chi connectivity index (χ1n) is 5.83. The Balaban J connectivity index is 2.16. The first kappa shape index (κ1) is 12.1. The highest BCUT2D eigenvalue weighted by Gasteiger charge is 2.25. The molecular formula is C12H19N3O2. The molecule has 1 saturated heterocycles. The first-order chi connectivity index (χ1) is 8.22. The van der Waals surface area contributed by atoms with Gasteiger partial charge in [0.2, 0.25) is 0 Å². The van der Waals surface area contributed by atoms with E-state index in [0.29, 0.717) is 6.61 Å². The summed E-state index contributed by atoms with van der Waals surface area (Å²) in [5.74, 6) is 1.65. The van der Waals surface area contributed by atoms with Crippen molar-refractivity contribution in [2.75, 3.05) is 31.7 Å². The molecule has 0 aromatic carbocycles. The van der Waals surface area contributed by atoms with Crippen LogP contribution in [0.25, 0.3) is 0 Å². The molecule has 0 amide bonds. The summed E-state index contributed by atoms with van der Waals surface area (Å²) in [7, 11) is 1.66. The fraction of sp³-hybridized carbons (Fsp3) is 0.583. The van der Waals surface area contributed by atoms with Gasteiger partial charge in [0.05, 0.1) is 19.8 Å². The summed E-state index contributed by atoms with van der Waals surface area (Å²) in [4.78, 5) is 6.53. The second kappa shape index (κ2) is 5.33. The van der Waals surface area contributed by atoms with E-state index in [1.54, 1.807) is 13.3 Å². The zero-order valence-electron chi connectivity index (χ0n) is 10.3. The van der Waals surface area contributed by atoms with Crippen molar-refractivity contribution in [3.8, 4) is 5.75 Å². The van der Waals surface area contributed by atoms with Crippen molar-refractivity contribution >= 4 is 5.82 Å². The predicted octanol–water partition coefficient (Wildman–Crippen LogP) is 0.643. The third-order valence-corrected chi connectivity index (χ3v) is 2.95. The molecule has 0 radical (unpaired) electrons. The lowest BCUT2D eigenvalue weighted by Gasteiger charge is -2.35. The minimum absolute atomic E-state index is 0.0208. The molecule has 5 heteroatoms. The van der Waals surface area contributed by atoms with Crippen molar-refractivity contribution in [3.05, 3.63) is 18.3 Å². The largest absolute Gasteiger partial charge is 0.493 e. The van der Waals surface area contributed by atoms with Crippen LogP contribution in [0.3, 0.4) is 0 Å². The number of hydrogen-bond donors (Lipinski definition) is 1. The van der Waals surface area contributed by atoms with E-state index in [-0.39, 0.29) is 12.1 Å². The Bertz CT molecular complexity index is 371. The van der Waals surface area contributed by atoms with Crippen LogP contribution in [-0.4, -0.2) is 43.9 Å². The SMILES string of the molecule is COc1cccnc1N1CCOC(C(C)N)C1. The van der Waals surface area contributed by atoms with Gasteiger partial charge in [-0.05, 0) is 19.1 Å². The van der Waals surface area contributed by atoms with E-state index in [1.165, 1.54) is 0 Å². The summed E-state index contributed by atoms with van der Waals surface area (Å²) in [5.41, 5.74) is 5.87. The molecule has 5 nitrogen and oxygen atoms in total. The molecule has 1 aromatic heterocycles. The number of hydrogen-bond acceptors (Lipinski definition) is 5. The van der Waals surface area contributed by atoms with Gasteiger partial charge in [0.15, 0.2) is 11.6 Å². The highest BCUT2D eigenvalue weighted by Crippen LogP contribution is 2.26. The third kappa shape index (κ3) is 2.68. The van der Waals surface area contributed by atoms with Crippen molar-refractivity contribution < 1.29 is 9.47 Å². The van der Waals surface area contributed by atoms with Gasteiger partial charge in [-0.3, -0.25) is 0 Å². The molecular weight excluding hydrogens is 218 g/mol. The molecule has 1 aromatic rings. The van der Waals surface area contributed by atoms with Gasteiger partial charge < -0.3 is 20.1 Å². The standard InChI is InChI=1S/C12H19N3O2/c1-9(13)11-8-15(6-7-17-11)12-10(16-2)4-3-5-14-12/h3-5,9,11H,6-8,13H2,1-2H3. The number of pyridine rings is 1. The molecule has 1 aliphatic rings. The van der Waals surface area contributed by atoms with E-state index in [9.17, 15) is 0 Å². The second-order valence-corrected chi connectivity index (χ2v) is 4.24. The van der Waals surface area contributed by atoms with E-state index >= 15 is 0 Å². The van der Waals surface area contributed by atoms with Gasteiger partial charge in [0, 0.05) is 25.3 Å². The maximum atomic E-state index is 5.87. The van der Waals surface area contributed by atoms with Crippen LogP contribution in [0.4, 0.5) is 5.82 Å². The molecule has 94 valence electrons. The quantitative estimate of drug-likeness (QED) is 0.836. The van der Waals surface area contributed by atoms with Crippen LogP contribution in [0.15, 0.2) is 18.3 Å². The number of morpholine rings is 1. The van der Waals surface area contributed by atoms with Crippen LogP contribution >= 0.6 is 0 Å². The first-order valence-corrected chi connectivity index (χ1v) is 5.83. The number of anilines is 1. The highest BCUT2D eigenvalue weighted by atomic mass is 16.5. The van der Waals surface area contributed by atoms with E-state index in [4.69, 9.17) is 15.2 Å². The normalized spacial score (nSPS) is 22.3. The molecule has 2 heterocycles. The Morgan fingerprint density at radius 2 is 2.47 bits per heavy atom. The monoisotopic (exact) mass is 237 g/mol. The van der Waals surface area contributed by atoms with Crippen molar-refractivity contribution in [1.29, 1.82) is 0 Å². The summed E-state index contributed by atoms with van der Waals surface area (Å²) in [6.07, 6.45) is 1.82. The lowest BCUT2D eigenvalue weighted by Crippen LogP contribution is -2.49. The molecule has 2 rings (SSSR count). The zero-order chi connectivity index (χ0) is 12.3. The molecule has 2 atom stereocenters. The summed E-state index contributed by atoms with van der Waals surface area (Å²) >= 11 is 0. The average molecular weight is 237 g/mol. The summed E-state index contributed by atoms with van der Waals surface area (Å²) in [6, 6.07) is 3.80.